The Kier molecular flexibility index (Phi) is 4.45. The van der Waals surface area contributed by atoms with Gasteiger partial charge in [0, 0.05) is 22.7 Å². The molecule has 2 rings (SSSR count). The summed E-state index contributed by atoms with van der Waals surface area (Å²) < 4.78 is 0. The maximum absolute atomic E-state index is 10.2. The first kappa shape index (κ1) is 13.9. The molecule has 0 saturated heterocycles. The van der Waals surface area contributed by atoms with Gasteiger partial charge in [0.25, 0.3) is 0 Å². The summed E-state index contributed by atoms with van der Waals surface area (Å²) in [7, 11) is 0. The molecule has 1 atom stereocenters. The molecule has 1 unspecified atom stereocenters. The quantitative estimate of drug-likeness (QED) is 0.664. The zero-order valence-corrected chi connectivity index (χ0v) is 11.9. The van der Waals surface area contributed by atoms with Gasteiger partial charge in [-0.05, 0) is 37.6 Å². The standard InChI is InChI=1S/C15H18N2OS/c1-10-7-11(2)17-15(8-10)19-9-14(18)12-5-3-4-6-13(12)16/h3-8,14,18H,9,16H2,1-2H3. The molecule has 3 N–H and O–H groups in total. The van der Waals surface area contributed by atoms with Crippen LogP contribution < -0.4 is 5.73 Å². The molecule has 0 bridgehead atoms. The topological polar surface area (TPSA) is 59.1 Å². The molecule has 0 fully saturated rings. The van der Waals surface area contributed by atoms with Crippen LogP contribution in [0.2, 0.25) is 0 Å². The van der Waals surface area contributed by atoms with Crippen LogP contribution in [-0.4, -0.2) is 15.8 Å². The van der Waals surface area contributed by atoms with Gasteiger partial charge in [0.1, 0.15) is 0 Å². The molecule has 1 aromatic carbocycles. The smallest absolute Gasteiger partial charge is 0.0966 e. The summed E-state index contributed by atoms with van der Waals surface area (Å²) in [6, 6.07) is 11.5. The second kappa shape index (κ2) is 6.08. The van der Waals surface area contributed by atoms with Crippen molar-refractivity contribution in [3.8, 4) is 0 Å². The summed E-state index contributed by atoms with van der Waals surface area (Å²) >= 11 is 1.54. The maximum Gasteiger partial charge on any atom is 0.0966 e. The molecule has 100 valence electrons. The molecule has 4 heteroatoms. The summed E-state index contributed by atoms with van der Waals surface area (Å²) in [6.07, 6.45) is -0.575. The highest BCUT2D eigenvalue weighted by molar-refractivity contribution is 7.99. The van der Waals surface area contributed by atoms with E-state index in [1.54, 1.807) is 17.8 Å². The fourth-order valence-corrected chi connectivity index (χ4v) is 2.93. The van der Waals surface area contributed by atoms with E-state index in [1.165, 1.54) is 5.56 Å². The highest BCUT2D eigenvalue weighted by atomic mass is 32.2. The van der Waals surface area contributed by atoms with Crippen LogP contribution in [0.3, 0.4) is 0 Å². The normalized spacial score (nSPS) is 12.4. The predicted octanol–water partition coefficient (Wildman–Crippen LogP) is 3.11. The highest BCUT2D eigenvalue weighted by Gasteiger charge is 2.11. The van der Waals surface area contributed by atoms with Crippen LogP contribution in [0, 0.1) is 13.8 Å². The minimum atomic E-state index is -0.575. The number of pyridine rings is 1. The largest absolute Gasteiger partial charge is 0.398 e. The lowest BCUT2D eigenvalue weighted by molar-refractivity contribution is 0.205. The summed E-state index contributed by atoms with van der Waals surface area (Å²) in [4.78, 5) is 4.44. The number of anilines is 1. The Morgan fingerprint density at radius 1 is 1.26 bits per heavy atom. The van der Waals surface area contributed by atoms with Crippen molar-refractivity contribution >= 4 is 17.4 Å². The lowest BCUT2D eigenvalue weighted by atomic mass is 10.1. The molecular formula is C15H18N2OS. The number of aliphatic hydroxyl groups excluding tert-OH is 1. The Morgan fingerprint density at radius 2 is 2.00 bits per heavy atom. The van der Waals surface area contributed by atoms with E-state index in [9.17, 15) is 5.11 Å². The minimum absolute atomic E-state index is 0.546. The van der Waals surface area contributed by atoms with E-state index in [1.807, 2.05) is 44.2 Å². The van der Waals surface area contributed by atoms with E-state index in [2.05, 4.69) is 4.98 Å². The fraction of sp³-hybridized carbons (Fsp3) is 0.267. The van der Waals surface area contributed by atoms with E-state index in [0.717, 1.165) is 16.3 Å². The second-order valence-corrected chi connectivity index (χ2v) is 5.62. The number of hydrogen-bond donors (Lipinski definition) is 2. The number of thioether (sulfide) groups is 1. The molecule has 1 aromatic heterocycles. The van der Waals surface area contributed by atoms with E-state index in [-0.39, 0.29) is 0 Å². The summed E-state index contributed by atoms with van der Waals surface area (Å²) in [5, 5.41) is 11.1. The molecule has 0 radical (unpaired) electrons. The highest BCUT2D eigenvalue weighted by Crippen LogP contribution is 2.27. The molecule has 1 heterocycles. The number of benzene rings is 1. The lowest BCUT2D eigenvalue weighted by Crippen LogP contribution is -2.04. The molecule has 0 amide bonds. The van der Waals surface area contributed by atoms with Crippen molar-refractivity contribution in [1.82, 2.24) is 4.98 Å². The van der Waals surface area contributed by atoms with E-state index in [0.29, 0.717) is 11.4 Å². The maximum atomic E-state index is 10.2. The average Bonchev–Trinajstić information content (AvgIpc) is 2.35. The Hall–Kier alpha value is -1.52. The van der Waals surface area contributed by atoms with E-state index < -0.39 is 6.10 Å². The van der Waals surface area contributed by atoms with Crippen molar-refractivity contribution in [3.63, 3.8) is 0 Å². The van der Waals surface area contributed by atoms with Crippen molar-refractivity contribution < 1.29 is 5.11 Å². The lowest BCUT2D eigenvalue weighted by Gasteiger charge is -2.13. The fourth-order valence-electron chi connectivity index (χ4n) is 1.95. The Bertz CT molecular complexity index is 552. The van der Waals surface area contributed by atoms with Gasteiger partial charge < -0.3 is 10.8 Å². The van der Waals surface area contributed by atoms with Gasteiger partial charge >= 0.3 is 0 Å². The number of rotatable bonds is 4. The van der Waals surface area contributed by atoms with Crippen molar-refractivity contribution in [3.05, 3.63) is 53.2 Å². The van der Waals surface area contributed by atoms with Gasteiger partial charge in [-0.15, -0.1) is 11.8 Å². The number of nitrogens with zero attached hydrogens (tertiary/aromatic N) is 1. The van der Waals surface area contributed by atoms with Crippen LogP contribution >= 0.6 is 11.8 Å². The number of hydrogen-bond acceptors (Lipinski definition) is 4. The molecule has 0 saturated carbocycles. The summed E-state index contributed by atoms with van der Waals surface area (Å²) in [6.45, 7) is 4.02. The van der Waals surface area contributed by atoms with Gasteiger partial charge in [0.15, 0.2) is 0 Å². The predicted molar refractivity (Wildman–Crippen MR) is 80.2 cm³/mol. The van der Waals surface area contributed by atoms with Crippen molar-refractivity contribution in [1.29, 1.82) is 0 Å². The first-order valence-electron chi connectivity index (χ1n) is 6.17. The van der Waals surface area contributed by atoms with Crippen LogP contribution in [0.15, 0.2) is 41.4 Å². The molecule has 0 aliphatic heterocycles. The van der Waals surface area contributed by atoms with Crippen molar-refractivity contribution in [2.45, 2.75) is 25.0 Å². The number of aryl methyl sites for hydroxylation is 2. The van der Waals surface area contributed by atoms with Crippen LogP contribution in [0.4, 0.5) is 5.69 Å². The van der Waals surface area contributed by atoms with Crippen molar-refractivity contribution in [2.24, 2.45) is 0 Å². The SMILES string of the molecule is Cc1cc(C)nc(SCC(O)c2ccccc2N)c1. The van der Waals surface area contributed by atoms with Crippen molar-refractivity contribution in [2.75, 3.05) is 11.5 Å². The van der Waals surface area contributed by atoms with Gasteiger partial charge in [-0.25, -0.2) is 4.98 Å². The average molecular weight is 274 g/mol. The van der Waals surface area contributed by atoms with Crippen LogP contribution in [0.5, 0.6) is 0 Å². The van der Waals surface area contributed by atoms with Gasteiger partial charge in [-0.1, -0.05) is 18.2 Å². The second-order valence-electron chi connectivity index (χ2n) is 4.58. The van der Waals surface area contributed by atoms with Crippen LogP contribution in [-0.2, 0) is 0 Å². The first-order chi connectivity index (χ1) is 9.06. The Balaban J connectivity index is 2.04. The monoisotopic (exact) mass is 274 g/mol. The van der Waals surface area contributed by atoms with E-state index >= 15 is 0 Å². The van der Waals surface area contributed by atoms with Gasteiger partial charge in [-0.2, -0.15) is 0 Å². The molecular weight excluding hydrogens is 256 g/mol. The number of nitrogen functional groups attached to an aromatic ring is 1. The third-order valence-electron chi connectivity index (χ3n) is 2.82. The molecule has 0 aliphatic carbocycles. The van der Waals surface area contributed by atoms with Gasteiger partial charge in [-0.3, -0.25) is 0 Å². The third kappa shape index (κ3) is 3.72. The molecule has 2 aromatic rings. The van der Waals surface area contributed by atoms with Gasteiger partial charge in [0.05, 0.1) is 11.1 Å². The number of nitrogens with two attached hydrogens (primary N) is 1. The van der Waals surface area contributed by atoms with E-state index in [4.69, 9.17) is 5.73 Å². The number of para-hydroxylation sites is 1. The zero-order chi connectivity index (χ0) is 13.8. The third-order valence-corrected chi connectivity index (χ3v) is 3.81. The Morgan fingerprint density at radius 3 is 2.68 bits per heavy atom. The molecule has 19 heavy (non-hydrogen) atoms. The summed E-state index contributed by atoms with van der Waals surface area (Å²) in [5.74, 6) is 0.546. The van der Waals surface area contributed by atoms with Crippen LogP contribution in [0.25, 0.3) is 0 Å². The number of aliphatic hydroxyl groups is 1. The first-order valence-corrected chi connectivity index (χ1v) is 7.15. The number of aromatic nitrogens is 1. The molecule has 0 spiro atoms. The Labute approximate surface area is 117 Å². The zero-order valence-electron chi connectivity index (χ0n) is 11.1. The molecule has 3 nitrogen and oxygen atoms in total. The molecule has 0 aliphatic rings. The van der Waals surface area contributed by atoms with Crippen LogP contribution in [0.1, 0.15) is 22.9 Å². The summed E-state index contributed by atoms with van der Waals surface area (Å²) in [5.41, 5.74) is 9.44. The van der Waals surface area contributed by atoms with Gasteiger partial charge in [0.2, 0.25) is 0 Å². The minimum Gasteiger partial charge on any atom is -0.398 e.